The van der Waals surface area contributed by atoms with Gasteiger partial charge in [0.25, 0.3) is 5.91 Å². The molecule has 1 saturated heterocycles. The number of nitrogens with one attached hydrogen (secondary N) is 1. The molecule has 1 fully saturated rings. The molecule has 1 aliphatic rings. The molecule has 6 heteroatoms. The summed E-state index contributed by atoms with van der Waals surface area (Å²) in [6.45, 7) is 2.91. The number of benzene rings is 1. The van der Waals surface area contributed by atoms with Gasteiger partial charge < -0.3 is 14.5 Å². The SMILES string of the molecule is CN(C)CCN(C[C@@H]1CCCO1)C(=O)c1cn[nH]c1-c1ccccc1. The minimum atomic E-state index is 0.00459. The van der Waals surface area contributed by atoms with E-state index in [0.717, 1.165) is 37.3 Å². The van der Waals surface area contributed by atoms with Gasteiger partial charge in [-0.3, -0.25) is 9.89 Å². The highest BCUT2D eigenvalue weighted by Crippen LogP contribution is 2.23. The van der Waals surface area contributed by atoms with Crippen molar-refractivity contribution in [2.24, 2.45) is 0 Å². The Kier molecular flexibility index (Phi) is 5.83. The first kappa shape index (κ1) is 17.6. The zero-order chi connectivity index (χ0) is 17.6. The van der Waals surface area contributed by atoms with Crippen molar-refractivity contribution in [2.75, 3.05) is 40.3 Å². The molecule has 25 heavy (non-hydrogen) atoms. The standard InChI is InChI=1S/C19H26N4O2/c1-22(2)10-11-23(14-16-9-6-12-25-16)19(24)17-13-20-21-18(17)15-7-4-3-5-8-15/h3-5,7-8,13,16H,6,9-12,14H2,1-2H3,(H,20,21)/t16-/m0/s1. The van der Waals surface area contributed by atoms with Gasteiger partial charge in [0, 0.05) is 31.8 Å². The van der Waals surface area contributed by atoms with Crippen LogP contribution in [0.4, 0.5) is 0 Å². The summed E-state index contributed by atoms with van der Waals surface area (Å²) in [4.78, 5) is 17.2. The normalized spacial score (nSPS) is 17.2. The Hall–Kier alpha value is -2.18. The van der Waals surface area contributed by atoms with Crippen LogP contribution in [0.15, 0.2) is 36.5 Å². The first-order valence-corrected chi connectivity index (χ1v) is 8.79. The lowest BCUT2D eigenvalue weighted by molar-refractivity contribution is 0.0512. The first-order valence-electron chi connectivity index (χ1n) is 8.79. The second kappa shape index (κ2) is 8.27. The number of carbonyl (C=O) groups is 1. The van der Waals surface area contributed by atoms with E-state index in [1.54, 1.807) is 6.20 Å². The second-order valence-electron chi connectivity index (χ2n) is 6.71. The van der Waals surface area contributed by atoms with Gasteiger partial charge in [0.1, 0.15) is 0 Å². The fourth-order valence-electron chi connectivity index (χ4n) is 3.07. The summed E-state index contributed by atoms with van der Waals surface area (Å²) in [5.41, 5.74) is 2.35. The van der Waals surface area contributed by atoms with Crippen molar-refractivity contribution in [1.29, 1.82) is 0 Å². The quantitative estimate of drug-likeness (QED) is 0.838. The topological polar surface area (TPSA) is 61.5 Å². The fourth-order valence-corrected chi connectivity index (χ4v) is 3.07. The number of carbonyl (C=O) groups excluding carboxylic acids is 1. The fraction of sp³-hybridized carbons (Fsp3) is 0.474. The molecule has 1 N–H and O–H groups in total. The summed E-state index contributed by atoms with van der Waals surface area (Å²) in [5.74, 6) is 0.00459. The summed E-state index contributed by atoms with van der Waals surface area (Å²) in [6.07, 6.45) is 3.85. The van der Waals surface area contributed by atoms with Gasteiger partial charge in [-0.1, -0.05) is 30.3 Å². The maximum absolute atomic E-state index is 13.2. The first-order chi connectivity index (χ1) is 12.1. The summed E-state index contributed by atoms with van der Waals surface area (Å²) in [5, 5.41) is 7.09. The number of amides is 1. The average molecular weight is 342 g/mol. The summed E-state index contributed by atoms with van der Waals surface area (Å²) in [6, 6.07) is 9.84. The van der Waals surface area contributed by atoms with E-state index in [2.05, 4.69) is 15.1 Å². The molecule has 1 atom stereocenters. The van der Waals surface area contributed by atoms with Gasteiger partial charge in [0.15, 0.2) is 0 Å². The van der Waals surface area contributed by atoms with Crippen LogP contribution in [0.25, 0.3) is 11.3 Å². The number of aromatic nitrogens is 2. The lowest BCUT2D eigenvalue weighted by Crippen LogP contribution is -2.41. The van der Waals surface area contributed by atoms with Crippen molar-refractivity contribution in [3.63, 3.8) is 0 Å². The van der Waals surface area contributed by atoms with E-state index < -0.39 is 0 Å². The number of ether oxygens (including phenoxy) is 1. The van der Waals surface area contributed by atoms with Gasteiger partial charge in [-0.15, -0.1) is 0 Å². The van der Waals surface area contributed by atoms with E-state index in [1.165, 1.54) is 0 Å². The zero-order valence-electron chi connectivity index (χ0n) is 14.9. The maximum atomic E-state index is 13.2. The highest BCUT2D eigenvalue weighted by atomic mass is 16.5. The highest BCUT2D eigenvalue weighted by molar-refractivity contribution is 5.99. The van der Waals surface area contributed by atoms with Crippen LogP contribution < -0.4 is 0 Å². The summed E-state index contributed by atoms with van der Waals surface area (Å²) in [7, 11) is 4.03. The van der Waals surface area contributed by atoms with E-state index in [-0.39, 0.29) is 12.0 Å². The lowest BCUT2D eigenvalue weighted by atomic mass is 10.1. The Balaban J connectivity index is 1.80. The highest BCUT2D eigenvalue weighted by Gasteiger charge is 2.26. The van der Waals surface area contributed by atoms with Crippen molar-refractivity contribution >= 4 is 5.91 Å². The molecule has 0 bridgehead atoms. The molecule has 1 aliphatic heterocycles. The van der Waals surface area contributed by atoms with Crippen LogP contribution in [0.2, 0.25) is 0 Å². The molecule has 1 amide bonds. The molecular formula is C19H26N4O2. The Morgan fingerprint density at radius 3 is 2.76 bits per heavy atom. The Labute approximate surface area is 148 Å². The Morgan fingerprint density at radius 2 is 2.08 bits per heavy atom. The van der Waals surface area contributed by atoms with Gasteiger partial charge in [0.2, 0.25) is 0 Å². The van der Waals surface area contributed by atoms with E-state index in [9.17, 15) is 4.79 Å². The van der Waals surface area contributed by atoms with Gasteiger partial charge >= 0.3 is 0 Å². The van der Waals surface area contributed by atoms with E-state index in [4.69, 9.17) is 4.74 Å². The van der Waals surface area contributed by atoms with Gasteiger partial charge in [-0.25, -0.2) is 0 Å². The predicted molar refractivity (Wildman–Crippen MR) is 97.5 cm³/mol. The number of H-pyrrole nitrogens is 1. The number of hydrogen-bond acceptors (Lipinski definition) is 4. The smallest absolute Gasteiger partial charge is 0.257 e. The number of likely N-dealkylation sites (N-methyl/N-ethyl adjacent to an activating group) is 1. The maximum Gasteiger partial charge on any atom is 0.257 e. The third kappa shape index (κ3) is 4.46. The number of aromatic amines is 1. The molecule has 0 aliphatic carbocycles. The second-order valence-corrected chi connectivity index (χ2v) is 6.71. The molecule has 0 spiro atoms. The third-order valence-corrected chi connectivity index (χ3v) is 4.48. The van der Waals surface area contributed by atoms with E-state index in [0.29, 0.717) is 18.7 Å². The van der Waals surface area contributed by atoms with Crippen LogP contribution in [0.3, 0.4) is 0 Å². The van der Waals surface area contributed by atoms with E-state index in [1.807, 2.05) is 49.3 Å². The molecule has 0 radical (unpaired) electrons. The van der Waals surface area contributed by atoms with Gasteiger partial charge in [-0.2, -0.15) is 5.10 Å². The zero-order valence-corrected chi connectivity index (χ0v) is 14.9. The predicted octanol–water partition coefficient (Wildman–Crippen LogP) is 2.26. The molecule has 134 valence electrons. The van der Waals surface area contributed by atoms with Crippen molar-refractivity contribution in [3.8, 4) is 11.3 Å². The molecule has 0 unspecified atom stereocenters. The molecule has 2 heterocycles. The van der Waals surface area contributed by atoms with Crippen molar-refractivity contribution < 1.29 is 9.53 Å². The number of hydrogen-bond donors (Lipinski definition) is 1. The van der Waals surface area contributed by atoms with Crippen LogP contribution in [0.1, 0.15) is 23.2 Å². The molecule has 2 aromatic rings. The number of nitrogens with zero attached hydrogens (tertiary/aromatic N) is 3. The molecule has 3 rings (SSSR count). The average Bonchev–Trinajstić information content (AvgIpc) is 3.30. The Morgan fingerprint density at radius 1 is 1.28 bits per heavy atom. The third-order valence-electron chi connectivity index (χ3n) is 4.48. The summed E-state index contributed by atoms with van der Waals surface area (Å²) < 4.78 is 5.74. The number of rotatable bonds is 7. The monoisotopic (exact) mass is 342 g/mol. The van der Waals surface area contributed by atoms with Crippen LogP contribution in [0, 0.1) is 0 Å². The molecule has 0 saturated carbocycles. The van der Waals surface area contributed by atoms with Crippen molar-refractivity contribution in [1.82, 2.24) is 20.0 Å². The summed E-state index contributed by atoms with van der Waals surface area (Å²) >= 11 is 0. The van der Waals surface area contributed by atoms with Gasteiger partial charge in [-0.05, 0) is 26.9 Å². The minimum absolute atomic E-state index is 0.00459. The molecule has 6 nitrogen and oxygen atoms in total. The van der Waals surface area contributed by atoms with Crippen molar-refractivity contribution in [3.05, 3.63) is 42.1 Å². The van der Waals surface area contributed by atoms with E-state index >= 15 is 0 Å². The molecule has 1 aromatic heterocycles. The molecule has 1 aromatic carbocycles. The Bertz CT molecular complexity index is 678. The molecular weight excluding hydrogens is 316 g/mol. The minimum Gasteiger partial charge on any atom is -0.376 e. The van der Waals surface area contributed by atoms with Crippen LogP contribution in [-0.2, 0) is 4.74 Å². The van der Waals surface area contributed by atoms with Crippen LogP contribution in [-0.4, -0.2) is 72.3 Å². The van der Waals surface area contributed by atoms with Crippen LogP contribution in [0.5, 0.6) is 0 Å². The lowest BCUT2D eigenvalue weighted by Gasteiger charge is -2.27. The van der Waals surface area contributed by atoms with Crippen molar-refractivity contribution in [2.45, 2.75) is 18.9 Å². The largest absolute Gasteiger partial charge is 0.376 e. The van der Waals surface area contributed by atoms with Crippen LogP contribution >= 0.6 is 0 Å². The van der Waals surface area contributed by atoms with Gasteiger partial charge in [0.05, 0.1) is 23.6 Å².